The fourth-order valence-corrected chi connectivity index (χ4v) is 7.07. The zero-order valence-corrected chi connectivity index (χ0v) is 26.1. The van der Waals surface area contributed by atoms with Gasteiger partial charge in [-0.3, -0.25) is 14.5 Å². The summed E-state index contributed by atoms with van der Waals surface area (Å²) in [5.74, 6) is 0.152. The van der Waals surface area contributed by atoms with Crippen LogP contribution in [0.2, 0.25) is 5.02 Å². The average molecular weight is 650 g/mol. The summed E-state index contributed by atoms with van der Waals surface area (Å²) in [5.41, 5.74) is 1.77. The van der Waals surface area contributed by atoms with Crippen molar-refractivity contribution in [1.82, 2.24) is 10.2 Å². The van der Waals surface area contributed by atoms with E-state index in [0.717, 1.165) is 18.4 Å². The molecule has 1 atom stereocenters. The van der Waals surface area contributed by atoms with Crippen LogP contribution in [0.25, 0.3) is 5.76 Å². The van der Waals surface area contributed by atoms with Crippen LogP contribution in [0.5, 0.6) is 17.2 Å². The average Bonchev–Trinajstić information content (AvgIpc) is 3.62. The molecular formula is C32H28ClN3O6S2. The van der Waals surface area contributed by atoms with Gasteiger partial charge < -0.3 is 19.3 Å². The van der Waals surface area contributed by atoms with Gasteiger partial charge in [0.1, 0.15) is 24.7 Å². The van der Waals surface area contributed by atoms with Crippen molar-refractivity contribution < 1.29 is 28.9 Å². The second-order valence-corrected chi connectivity index (χ2v) is 12.6. The summed E-state index contributed by atoms with van der Waals surface area (Å²) < 4.78 is 17.8. The van der Waals surface area contributed by atoms with Gasteiger partial charge in [0.25, 0.3) is 5.78 Å². The van der Waals surface area contributed by atoms with Gasteiger partial charge in [-0.1, -0.05) is 78.4 Å². The molecular weight excluding hydrogens is 622 g/mol. The van der Waals surface area contributed by atoms with Crippen LogP contribution in [0.1, 0.15) is 42.5 Å². The number of aromatic nitrogens is 2. The van der Waals surface area contributed by atoms with Crippen LogP contribution >= 0.6 is 34.7 Å². The van der Waals surface area contributed by atoms with E-state index in [1.807, 2.05) is 30.3 Å². The van der Waals surface area contributed by atoms with E-state index in [0.29, 0.717) is 63.3 Å². The smallest absolute Gasteiger partial charge is 0.301 e. The zero-order chi connectivity index (χ0) is 30.6. The Labute approximate surface area is 267 Å². The highest BCUT2D eigenvalue weighted by Crippen LogP contribution is 2.45. The number of halogens is 1. The second kappa shape index (κ2) is 13.3. The molecule has 9 nitrogen and oxygen atoms in total. The van der Waals surface area contributed by atoms with Crippen molar-refractivity contribution >= 4 is 57.3 Å². The molecule has 44 heavy (non-hydrogen) atoms. The minimum Gasteiger partial charge on any atom is -0.507 e. The lowest BCUT2D eigenvalue weighted by atomic mass is 9.95. The third-order valence-electron chi connectivity index (χ3n) is 7.11. The Bertz CT molecular complexity index is 1740. The van der Waals surface area contributed by atoms with Gasteiger partial charge in [-0.2, -0.15) is 0 Å². The fraction of sp³-hybridized carbons (Fsp3) is 0.250. The highest BCUT2D eigenvalue weighted by atomic mass is 35.5. The lowest BCUT2D eigenvalue weighted by Crippen LogP contribution is -2.29. The van der Waals surface area contributed by atoms with E-state index >= 15 is 0 Å². The molecule has 1 saturated heterocycles. The van der Waals surface area contributed by atoms with Crippen LogP contribution in [-0.2, 0) is 15.3 Å². The van der Waals surface area contributed by atoms with E-state index in [-0.39, 0.29) is 16.5 Å². The molecule has 3 aromatic carbocycles. The molecule has 0 aliphatic carbocycles. The van der Waals surface area contributed by atoms with E-state index in [9.17, 15) is 14.7 Å². The van der Waals surface area contributed by atoms with Crippen molar-refractivity contribution in [3.05, 3.63) is 94.0 Å². The Balaban J connectivity index is 1.39. The molecule has 4 aromatic rings. The molecule has 1 aromatic heterocycles. The number of rotatable bonds is 10. The maximum atomic E-state index is 13.7. The van der Waals surface area contributed by atoms with Crippen LogP contribution in [0.3, 0.4) is 0 Å². The van der Waals surface area contributed by atoms with Crippen molar-refractivity contribution in [3.8, 4) is 17.2 Å². The number of thioether (sulfide) groups is 1. The van der Waals surface area contributed by atoms with Gasteiger partial charge in [0.2, 0.25) is 5.13 Å². The highest BCUT2D eigenvalue weighted by Gasteiger charge is 2.48. The topological polar surface area (TPSA) is 111 Å². The first-order valence-electron chi connectivity index (χ1n) is 14.1. The van der Waals surface area contributed by atoms with Crippen molar-refractivity contribution in [1.29, 1.82) is 0 Å². The molecule has 2 aliphatic heterocycles. The summed E-state index contributed by atoms with van der Waals surface area (Å²) in [6, 6.07) is 18.7. The lowest BCUT2D eigenvalue weighted by molar-refractivity contribution is -0.132. The number of Topliss-reactive ketones (excluding diaryl/α,β-unsaturated/α-hetero) is 1. The van der Waals surface area contributed by atoms with Gasteiger partial charge in [0, 0.05) is 16.3 Å². The summed E-state index contributed by atoms with van der Waals surface area (Å²) >= 11 is 8.93. The SMILES string of the molecule is CCCCOc1cccc([C@H]2/C(=C(\O)c3ccc4c(c3)OCCO4)C(=O)C(=O)N2c2nnc(SCc3ccccc3Cl)s2)c1. The summed E-state index contributed by atoms with van der Waals surface area (Å²) in [5, 5.41) is 21.1. The highest BCUT2D eigenvalue weighted by molar-refractivity contribution is 8.00. The van der Waals surface area contributed by atoms with E-state index in [2.05, 4.69) is 17.1 Å². The number of carbonyl (C=O) groups is 2. The molecule has 1 fully saturated rings. The van der Waals surface area contributed by atoms with Crippen LogP contribution in [0.15, 0.2) is 76.6 Å². The Morgan fingerprint density at radius 2 is 1.89 bits per heavy atom. The number of hydrogen-bond donors (Lipinski definition) is 1. The number of aliphatic hydroxyl groups excluding tert-OH is 1. The van der Waals surface area contributed by atoms with Crippen molar-refractivity contribution in [3.63, 3.8) is 0 Å². The lowest BCUT2D eigenvalue weighted by Gasteiger charge is -2.23. The first-order valence-corrected chi connectivity index (χ1v) is 16.3. The van der Waals surface area contributed by atoms with Gasteiger partial charge in [-0.25, -0.2) is 0 Å². The molecule has 12 heteroatoms. The van der Waals surface area contributed by atoms with Crippen molar-refractivity contribution in [2.45, 2.75) is 35.9 Å². The number of anilines is 1. The number of nitrogens with zero attached hydrogens (tertiary/aromatic N) is 3. The number of benzene rings is 3. The number of aliphatic hydroxyl groups is 1. The maximum Gasteiger partial charge on any atom is 0.301 e. The molecule has 2 aliphatic rings. The minimum atomic E-state index is -0.979. The Morgan fingerprint density at radius 1 is 1.07 bits per heavy atom. The first-order chi connectivity index (χ1) is 21.4. The van der Waals surface area contributed by atoms with Gasteiger partial charge in [-0.05, 0) is 53.9 Å². The first kappa shape index (κ1) is 30.0. The predicted molar refractivity (Wildman–Crippen MR) is 170 cm³/mol. The largest absolute Gasteiger partial charge is 0.507 e. The van der Waals surface area contributed by atoms with E-state index in [1.165, 1.54) is 28.0 Å². The van der Waals surface area contributed by atoms with Gasteiger partial charge in [0.15, 0.2) is 15.8 Å². The molecule has 1 N–H and O–H groups in total. The number of fused-ring (bicyclic) bond motifs is 1. The normalized spacial score (nSPS) is 17.2. The summed E-state index contributed by atoms with van der Waals surface area (Å²) in [4.78, 5) is 28.6. The Morgan fingerprint density at radius 3 is 2.70 bits per heavy atom. The van der Waals surface area contributed by atoms with Crippen LogP contribution in [0, 0.1) is 0 Å². The zero-order valence-electron chi connectivity index (χ0n) is 23.7. The van der Waals surface area contributed by atoms with Crippen molar-refractivity contribution in [2.75, 3.05) is 24.7 Å². The predicted octanol–water partition coefficient (Wildman–Crippen LogP) is 7.06. The minimum absolute atomic E-state index is 0.0714. The van der Waals surface area contributed by atoms with Crippen LogP contribution < -0.4 is 19.1 Å². The quantitative estimate of drug-likeness (QED) is 0.0482. The van der Waals surface area contributed by atoms with E-state index < -0.39 is 17.7 Å². The Hall–Kier alpha value is -4.06. The monoisotopic (exact) mass is 649 g/mol. The van der Waals surface area contributed by atoms with Gasteiger partial charge >= 0.3 is 5.91 Å². The number of ether oxygens (including phenoxy) is 3. The number of hydrogen-bond acceptors (Lipinski definition) is 10. The van der Waals surface area contributed by atoms with E-state index in [4.69, 9.17) is 25.8 Å². The van der Waals surface area contributed by atoms with Gasteiger partial charge in [-0.15, -0.1) is 10.2 Å². The second-order valence-electron chi connectivity index (χ2n) is 10.0. The molecule has 3 heterocycles. The summed E-state index contributed by atoms with van der Waals surface area (Å²) in [6.45, 7) is 3.38. The molecule has 0 spiro atoms. The molecule has 0 radical (unpaired) electrons. The molecule has 1 amide bonds. The molecule has 0 bridgehead atoms. The molecule has 226 valence electrons. The number of ketones is 1. The van der Waals surface area contributed by atoms with Crippen LogP contribution in [0.4, 0.5) is 5.13 Å². The van der Waals surface area contributed by atoms with Crippen LogP contribution in [-0.4, -0.2) is 46.8 Å². The molecule has 0 unspecified atom stereocenters. The molecule has 0 saturated carbocycles. The number of amides is 1. The molecule has 6 rings (SSSR count). The third kappa shape index (κ3) is 6.12. The number of unbranched alkanes of at least 4 members (excludes halogenated alkanes) is 1. The van der Waals surface area contributed by atoms with E-state index in [1.54, 1.807) is 36.4 Å². The van der Waals surface area contributed by atoms with Gasteiger partial charge in [0.05, 0.1) is 18.2 Å². The third-order valence-corrected chi connectivity index (χ3v) is 9.58. The number of carbonyl (C=O) groups excluding carboxylic acids is 2. The fourth-order valence-electron chi connectivity index (χ4n) is 4.91. The van der Waals surface area contributed by atoms with Crippen molar-refractivity contribution in [2.24, 2.45) is 0 Å². The standard InChI is InChI=1S/C32H28ClN3O6S2/c1-2-3-13-40-22-9-6-8-19(16-22)27-26(28(37)20-11-12-24-25(17-20)42-15-14-41-24)29(38)30(39)36(27)31-34-35-32(44-31)43-18-21-7-4-5-10-23(21)33/h4-12,16-17,27,37H,2-3,13-15,18H2,1H3/b28-26+/t27-/m0/s1. The Kier molecular flexibility index (Phi) is 9.06. The summed E-state index contributed by atoms with van der Waals surface area (Å²) in [6.07, 6.45) is 1.86. The summed E-state index contributed by atoms with van der Waals surface area (Å²) in [7, 11) is 0. The maximum absolute atomic E-state index is 13.7.